The highest BCUT2D eigenvalue weighted by molar-refractivity contribution is 5.96. The summed E-state index contributed by atoms with van der Waals surface area (Å²) in [5.41, 5.74) is 7.28. The molecule has 4 nitrogen and oxygen atoms in total. The lowest BCUT2D eigenvalue weighted by Gasteiger charge is -2.27. The monoisotopic (exact) mass is 343 g/mol. The number of carbonyl (C=O) groups is 1. The van der Waals surface area contributed by atoms with Gasteiger partial charge in [0, 0.05) is 36.3 Å². The van der Waals surface area contributed by atoms with Crippen molar-refractivity contribution in [1.82, 2.24) is 14.5 Å². The zero-order valence-corrected chi connectivity index (χ0v) is 15.3. The average molecular weight is 343 g/mol. The van der Waals surface area contributed by atoms with Gasteiger partial charge in [0.1, 0.15) is 5.69 Å². The SMILES string of the molecule is Cc1cc2n(c1)-c1cc(-c3ccc(C)nc3)ccc1C1(CC1)N(C)C2=O. The van der Waals surface area contributed by atoms with Gasteiger partial charge in [0.25, 0.3) is 5.91 Å². The second-order valence-electron chi connectivity index (χ2n) is 7.59. The summed E-state index contributed by atoms with van der Waals surface area (Å²) in [6.45, 7) is 4.03. The third kappa shape index (κ3) is 2.02. The molecule has 2 aliphatic rings. The van der Waals surface area contributed by atoms with E-state index in [0.717, 1.165) is 46.6 Å². The minimum atomic E-state index is -0.149. The van der Waals surface area contributed by atoms with Crippen LogP contribution in [0.15, 0.2) is 48.8 Å². The maximum Gasteiger partial charge on any atom is 0.271 e. The van der Waals surface area contributed by atoms with Gasteiger partial charge >= 0.3 is 0 Å². The van der Waals surface area contributed by atoms with Crippen LogP contribution in [0.5, 0.6) is 0 Å². The van der Waals surface area contributed by atoms with E-state index in [2.05, 4.69) is 40.0 Å². The van der Waals surface area contributed by atoms with Crippen LogP contribution in [0.3, 0.4) is 0 Å². The zero-order chi connectivity index (χ0) is 18.1. The van der Waals surface area contributed by atoms with Crippen molar-refractivity contribution in [2.75, 3.05) is 7.05 Å². The standard InChI is InChI=1S/C22H21N3O/c1-14-10-20-21(26)24(3)22(8-9-22)18-7-6-16(11-19(18)25(20)13-14)17-5-4-15(2)23-12-17/h4-7,10-13H,8-9H2,1-3H3. The molecule has 0 atom stereocenters. The van der Waals surface area contributed by atoms with Crippen molar-refractivity contribution in [3.8, 4) is 16.8 Å². The number of hydrogen-bond donors (Lipinski definition) is 0. The van der Waals surface area contributed by atoms with Gasteiger partial charge in [-0.15, -0.1) is 0 Å². The van der Waals surface area contributed by atoms with Gasteiger partial charge in [0.15, 0.2) is 0 Å². The van der Waals surface area contributed by atoms with Crippen molar-refractivity contribution >= 4 is 5.91 Å². The van der Waals surface area contributed by atoms with E-state index in [4.69, 9.17) is 0 Å². The van der Waals surface area contributed by atoms with E-state index in [9.17, 15) is 4.79 Å². The van der Waals surface area contributed by atoms with Gasteiger partial charge in [-0.3, -0.25) is 9.78 Å². The van der Waals surface area contributed by atoms with Crippen LogP contribution < -0.4 is 0 Å². The lowest BCUT2D eigenvalue weighted by Crippen LogP contribution is -2.36. The summed E-state index contributed by atoms with van der Waals surface area (Å²) in [6, 6.07) is 12.7. The fraction of sp³-hybridized carbons (Fsp3) is 0.273. The Bertz CT molecular complexity index is 1040. The molecule has 0 unspecified atom stereocenters. The van der Waals surface area contributed by atoms with Crippen LogP contribution in [0.2, 0.25) is 0 Å². The van der Waals surface area contributed by atoms with Gasteiger partial charge in [-0.25, -0.2) is 0 Å². The number of fused-ring (bicyclic) bond motifs is 4. The molecule has 1 aliphatic carbocycles. The van der Waals surface area contributed by atoms with Crippen LogP contribution in [0.1, 0.15) is 40.2 Å². The Morgan fingerprint density at radius 1 is 1.04 bits per heavy atom. The number of rotatable bonds is 1. The smallest absolute Gasteiger partial charge is 0.271 e. The number of aromatic nitrogens is 2. The van der Waals surface area contributed by atoms with Crippen LogP contribution in [-0.4, -0.2) is 27.4 Å². The molecule has 0 radical (unpaired) electrons. The number of pyridine rings is 1. The molecule has 0 saturated heterocycles. The lowest BCUT2D eigenvalue weighted by molar-refractivity contribution is 0.0705. The summed E-state index contributed by atoms with van der Waals surface area (Å²) in [6.07, 6.45) is 6.03. The molecule has 3 heterocycles. The van der Waals surface area contributed by atoms with Crippen LogP contribution >= 0.6 is 0 Å². The molecule has 0 N–H and O–H groups in total. The van der Waals surface area contributed by atoms with Gasteiger partial charge in [0.05, 0.1) is 11.2 Å². The van der Waals surface area contributed by atoms with Crippen molar-refractivity contribution in [1.29, 1.82) is 0 Å². The number of benzene rings is 1. The Balaban J connectivity index is 1.77. The minimum absolute atomic E-state index is 0.102. The Labute approximate surface area is 153 Å². The van der Waals surface area contributed by atoms with Crippen molar-refractivity contribution in [2.24, 2.45) is 0 Å². The molecular weight excluding hydrogens is 322 g/mol. The van der Waals surface area contributed by atoms with E-state index < -0.39 is 0 Å². The predicted octanol–water partition coefficient (Wildman–Crippen LogP) is 4.23. The highest BCUT2D eigenvalue weighted by Gasteiger charge is 2.53. The summed E-state index contributed by atoms with van der Waals surface area (Å²) in [7, 11) is 1.94. The number of carbonyl (C=O) groups excluding carboxylic acids is 1. The molecule has 3 aromatic rings. The van der Waals surface area contributed by atoms with Crippen LogP contribution in [-0.2, 0) is 5.54 Å². The largest absolute Gasteiger partial charge is 0.331 e. The molecule has 1 aromatic carbocycles. The van der Waals surface area contributed by atoms with Gasteiger partial charge < -0.3 is 9.47 Å². The number of nitrogens with zero attached hydrogens (tertiary/aromatic N) is 3. The number of aryl methyl sites for hydroxylation is 2. The Hall–Kier alpha value is -2.88. The average Bonchev–Trinajstić information content (AvgIpc) is 3.37. The van der Waals surface area contributed by atoms with E-state index in [1.165, 1.54) is 5.56 Å². The fourth-order valence-electron chi connectivity index (χ4n) is 4.17. The molecular formula is C22H21N3O. The molecule has 1 fully saturated rings. The second-order valence-corrected chi connectivity index (χ2v) is 7.59. The zero-order valence-electron chi connectivity index (χ0n) is 15.3. The third-order valence-electron chi connectivity index (χ3n) is 5.85. The summed E-state index contributed by atoms with van der Waals surface area (Å²) in [5, 5.41) is 0. The van der Waals surface area contributed by atoms with E-state index in [0.29, 0.717) is 0 Å². The molecule has 26 heavy (non-hydrogen) atoms. The molecule has 1 aliphatic heterocycles. The first-order valence-corrected chi connectivity index (χ1v) is 9.05. The van der Waals surface area contributed by atoms with Crippen LogP contribution in [0, 0.1) is 13.8 Å². The van der Waals surface area contributed by atoms with Gasteiger partial charge in [0.2, 0.25) is 0 Å². The Morgan fingerprint density at radius 3 is 2.50 bits per heavy atom. The molecule has 5 rings (SSSR count). The molecule has 1 saturated carbocycles. The lowest BCUT2D eigenvalue weighted by atomic mass is 9.97. The normalized spacial score (nSPS) is 17.0. The van der Waals surface area contributed by atoms with E-state index >= 15 is 0 Å². The molecule has 2 aromatic heterocycles. The second kappa shape index (κ2) is 5.07. The van der Waals surface area contributed by atoms with Crippen molar-refractivity contribution in [3.05, 3.63) is 71.3 Å². The van der Waals surface area contributed by atoms with E-state index in [1.807, 2.05) is 44.1 Å². The summed E-state index contributed by atoms with van der Waals surface area (Å²) in [4.78, 5) is 19.4. The van der Waals surface area contributed by atoms with Crippen molar-refractivity contribution in [3.63, 3.8) is 0 Å². The molecule has 4 heteroatoms. The highest BCUT2D eigenvalue weighted by atomic mass is 16.2. The highest BCUT2D eigenvalue weighted by Crippen LogP contribution is 2.54. The molecule has 130 valence electrons. The Kier molecular flexibility index (Phi) is 3.00. The van der Waals surface area contributed by atoms with Gasteiger partial charge in [-0.05, 0) is 56.0 Å². The Morgan fingerprint density at radius 2 is 1.81 bits per heavy atom. The van der Waals surface area contributed by atoms with Crippen LogP contribution in [0.4, 0.5) is 0 Å². The van der Waals surface area contributed by atoms with Crippen molar-refractivity contribution < 1.29 is 4.79 Å². The quantitative estimate of drug-likeness (QED) is 0.663. The summed E-state index contributed by atoms with van der Waals surface area (Å²) < 4.78 is 2.07. The molecule has 1 spiro atoms. The number of hydrogen-bond acceptors (Lipinski definition) is 2. The van der Waals surface area contributed by atoms with Gasteiger partial charge in [-0.1, -0.05) is 18.2 Å². The maximum absolute atomic E-state index is 13.1. The maximum atomic E-state index is 13.1. The van der Waals surface area contributed by atoms with E-state index in [-0.39, 0.29) is 11.4 Å². The molecule has 1 amide bonds. The van der Waals surface area contributed by atoms with Crippen LogP contribution in [0.25, 0.3) is 16.8 Å². The third-order valence-corrected chi connectivity index (χ3v) is 5.85. The predicted molar refractivity (Wildman–Crippen MR) is 101 cm³/mol. The first-order chi connectivity index (χ1) is 12.5. The topological polar surface area (TPSA) is 38.1 Å². The minimum Gasteiger partial charge on any atom is -0.331 e. The van der Waals surface area contributed by atoms with Crippen molar-refractivity contribution in [2.45, 2.75) is 32.2 Å². The number of amides is 1. The summed E-state index contributed by atoms with van der Waals surface area (Å²) in [5.74, 6) is 0.102. The molecule has 0 bridgehead atoms. The first kappa shape index (κ1) is 15.4. The summed E-state index contributed by atoms with van der Waals surface area (Å²) >= 11 is 0. The van der Waals surface area contributed by atoms with Gasteiger partial charge in [-0.2, -0.15) is 0 Å². The first-order valence-electron chi connectivity index (χ1n) is 9.05. The fourth-order valence-corrected chi connectivity index (χ4v) is 4.17. The van der Waals surface area contributed by atoms with E-state index in [1.54, 1.807) is 0 Å².